The highest BCUT2D eigenvalue weighted by Gasteiger charge is 2.21. The van der Waals surface area contributed by atoms with Crippen LogP contribution in [-0.4, -0.2) is 0 Å². The number of benzene rings is 11. The SMILES string of the molecule is c1ccc(-c2ccc(-c3ccc(N(c4cccc(-c5cccc6cccc(-c7ccccc7)c56)c4)c4ccc5c(c4)oc4ccccc45)c4ccccc34)c3ccccc23)cc1. The van der Waals surface area contributed by atoms with E-state index in [1.165, 1.54) is 65.9 Å². The van der Waals surface area contributed by atoms with Crippen molar-refractivity contribution in [3.63, 3.8) is 0 Å². The minimum atomic E-state index is 0.859. The Morgan fingerprint density at radius 1 is 0.274 bits per heavy atom. The molecular formula is C60H39NO. The molecule has 0 aliphatic heterocycles. The van der Waals surface area contributed by atoms with Crippen LogP contribution in [0, 0.1) is 0 Å². The van der Waals surface area contributed by atoms with Crippen molar-refractivity contribution in [2.24, 2.45) is 0 Å². The minimum Gasteiger partial charge on any atom is -0.456 e. The molecule has 62 heavy (non-hydrogen) atoms. The fraction of sp³-hybridized carbons (Fsp3) is 0. The van der Waals surface area contributed by atoms with Crippen LogP contribution in [0.1, 0.15) is 0 Å². The Bertz CT molecular complexity index is 3630. The van der Waals surface area contributed by atoms with E-state index in [0.717, 1.165) is 50.0 Å². The number of hydrogen-bond acceptors (Lipinski definition) is 2. The van der Waals surface area contributed by atoms with Crippen molar-refractivity contribution in [2.75, 3.05) is 4.90 Å². The highest BCUT2D eigenvalue weighted by Crippen LogP contribution is 2.46. The molecule has 12 aromatic rings. The van der Waals surface area contributed by atoms with Crippen LogP contribution in [0.2, 0.25) is 0 Å². The van der Waals surface area contributed by atoms with Gasteiger partial charge in [0, 0.05) is 33.6 Å². The van der Waals surface area contributed by atoms with Crippen LogP contribution < -0.4 is 4.90 Å². The molecule has 0 aliphatic carbocycles. The zero-order valence-corrected chi connectivity index (χ0v) is 33.9. The molecule has 0 atom stereocenters. The Morgan fingerprint density at radius 2 is 0.774 bits per heavy atom. The summed E-state index contributed by atoms with van der Waals surface area (Å²) in [4.78, 5) is 2.40. The third-order valence-corrected chi connectivity index (χ3v) is 12.5. The molecule has 0 saturated carbocycles. The molecule has 11 aromatic carbocycles. The van der Waals surface area contributed by atoms with Crippen molar-refractivity contribution < 1.29 is 4.42 Å². The van der Waals surface area contributed by atoms with Gasteiger partial charge in [-0.05, 0) is 108 Å². The molecule has 0 N–H and O–H groups in total. The molecule has 0 fully saturated rings. The molecule has 12 rings (SSSR count). The summed E-state index contributed by atoms with van der Waals surface area (Å²) in [5.41, 5.74) is 14.6. The largest absolute Gasteiger partial charge is 0.456 e. The zero-order valence-electron chi connectivity index (χ0n) is 33.9. The highest BCUT2D eigenvalue weighted by atomic mass is 16.3. The van der Waals surface area contributed by atoms with E-state index >= 15 is 0 Å². The average Bonchev–Trinajstić information content (AvgIpc) is 3.72. The maximum atomic E-state index is 6.53. The molecular weight excluding hydrogens is 751 g/mol. The van der Waals surface area contributed by atoms with Gasteiger partial charge in [0.05, 0.1) is 5.69 Å². The molecule has 0 amide bonds. The highest BCUT2D eigenvalue weighted by molar-refractivity contribution is 6.14. The Labute approximate surface area is 360 Å². The maximum Gasteiger partial charge on any atom is 0.137 e. The Morgan fingerprint density at radius 3 is 1.50 bits per heavy atom. The molecule has 0 unspecified atom stereocenters. The molecule has 0 aliphatic rings. The second-order valence-electron chi connectivity index (χ2n) is 16.0. The second kappa shape index (κ2) is 14.8. The van der Waals surface area contributed by atoms with Gasteiger partial charge in [0.2, 0.25) is 0 Å². The summed E-state index contributed by atoms with van der Waals surface area (Å²) in [6.07, 6.45) is 0. The fourth-order valence-electron chi connectivity index (χ4n) is 9.65. The van der Waals surface area contributed by atoms with Crippen LogP contribution in [-0.2, 0) is 0 Å². The summed E-state index contributed by atoms with van der Waals surface area (Å²) >= 11 is 0. The predicted octanol–water partition coefficient (Wildman–Crippen LogP) is 17.2. The quantitative estimate of drug-likeness (QED) is 0.160. The Kier molecular flexibility index (Phi) is 8.53. The number of anilines is 3. The molecule has 2 heteroatoms. The van der Waals surface area contributed by atoms with Gasteiger partial charge in [0.15, 0.2) is 0 Å². The first kappa shape index (κ1) is 35.7. The fourth-order valence-corrected chi connectivity index (χ4v) is 9.65. The van der Waals surface area contributed by atoms with Gasteiger partial charge < -0.3 is 9.32 Å². The number of furan rings is 1. The van der Waals surface area contributed by atoms with Gasteiger partial charge >= 0.3 is 0 Å². The summed E-state index contributed by atoms with van der Waals surface area (Å²) in [6, 6.07) is 85.5. The summed E-state index contributed by atoms with van der Waals surface area (Å²) in [5, 5.41) is 9.51. The molecule has 0 bridgehead atoms. The lowest BCUT2D eigenvalue weighted by molar-refractivity contribution is 0.669. The first-order chi connectivity index (χ1) is 30.8. The zero-order chi connectivity index (χ0) is 41.0. The number of rotatable bonds is 7. The van der Waals surface area contributed by atoms with Crippen molar-refractivity contribution in [3.05, 3.63) is 237 Å². The van der Waals surface area contributed by atoms with E-state index in [1.807, 2.05) is 12.1 Å². The van der Waals surface area contributed by atoms with Crippen LogP contribution in [0.4, 0.5) is 17.1 Å². The van der Waals surface area contributed by atoms with Gasteiger partial charge in [0.25, 0.3) is 0 Å². The summed E-state index contributed by atoms with van der Waals surface area (Å²) in [5.74, 6) is 0. The number of fused-ring (bicyclic) bond motifs is 6. The minimum absolute atomic E-state index is 0.859. The van der Waals surface area contributed by atoms with Crippen molar-refractivity contribution in [1.82, 2.24) is 0 Å². The van der Waals surface area contributed by atoms with Crippen molar-refractivity contribution >= 4 is 71.3 Å². The van der Waals surface area contributed by atoms with Gasteiger partial charge in [-0.1, -0.05) is 194 Å². The molecule has 1 heterocycles. The molecule has 0 saturated heterocycles. The van der Waals surface area contributed by atoms with E-state index in [0.29, 0.717) is 0 Å². The summed E-state index contributed by atoms with van der Waals surface area (Å²) < 4.78 is 6.53. The van der Waals surface area contributed by atoms with E-state index in [-0.39, 0.29) is 0 Å². The Balaban J connectivity index is 1.07. The molecule has 0 radical (unpaired) electrons. The topological polar surface area (TPSA) is 16.4 Å². The van der Waals surface area contributed by atoms with Crippen LogP contribution in [0.15, 0.2) is 241 Å². The van der Waals surface area contributed by atoms with Crippen LogP contribution in [0.5, 0.6) is 0 Å². The van der Waals surface area contributed by atoms with Crippen LogP contribution >= 0.6 is 0 Å². The number of hydrogen-bond donors (Lipinski definition) is 0. The summed E-state index contributed by atoms with van der Waals surface area (Å²) in [6.45, 7) is 0. The lowest BCUT2D eigenvalue weighted by Crippen LogP contribution is -2.10. The van der Waals surface area contributed by atoms with E-state index in [9.17, 15) is 0 Å². The van der Waals surface area contributed by atoms with E-state index in [4.69, 9.17) is 4.42 Å². The van der Waals surface area contributed by atoms with Gasteiger partial charge in [-0.2, -0.15) is 0 Å². The molecule has 2 nitrogen and oxygen atoms in total. The third kappa shape index (κ3) is 5.96. The van der Waals surface area contributed by atoms with Gasteiger partial charge in [-0.3, -0.25) is 0 Å². The van der Waals surface area contributed by atoms with E-state index < -0.39 is 0 Å². The van der Waals surface area contributed by atoms with E-state index in [1.54, 1.807) is 0 Å². The number of nitrogens with zero attached hydrogens (tertiary/aromatic N) is 1. The normalized spacial score (nSPS) is 11.5. The molecule has 1 aromatic heterocycles. The lowest BCUT2D eigenvalue weighted by atomic mass is 9.89. The van der Waals surface area contributed by atoms with Gasteiger partial charge in [0.1, 0.15) is 11.2 Å². The van der Waals surface area contributed by atoms with Gasteiger partial charge in [-0.25, -0.2) is 0 Å². The summed E-state index contributed by atoms with van der Waals surface area (Å²) in [7, 11) is 0. The standard InChI is InChI=1S/C60H39NO/c1-3-16-40(17-4-1)46-34-35-52(50-25-8-7-24-49(46)50)53-36-37-57(54-27-10-9-26-51(53)54)61(45-32-33-56-55-28-11-12-31-58(55)62-59(56)39-45)44-23-13-22-43(38-44)48-30-15-21-42-20-14-29-47(60(42)48)41-18-5-2-6-19-41/h1-39H. The average molecular weight is 790 g/mol. The number of para-hydroxylation sites is 1. The third-order valence-electron chi connectivity index (χ3n) is 12.5. The van der Waals surface area contributed by atoms with Crippen LogP contribution in [0.3, 0.4) is 0 Å². The van der Waals surface area contributed by atoms with Gasteiger partial charge in [-0.15, -0.1) is 0 Å². The molecule has 0 spiro atoms. The lowest BCUT2D eigenvalue weighted by Gasteiger charge is -2.28. The maximum absolute atomic E-state index is 6.53. The monoisotopic (exact) mass is 789 g/mol. The van der Waals surface area contributed by atoms with Crippen molar-refractivity contribution in [3.8, 4) is 44.5 Å². The van der Waals surface area contributed by atoms with Crippen molar-refractivity contribution in [1.29, 1.82) is 0 Å². The van der Waals surface area contributed by atoms with Crippen LogP contribution in [0.25, 0.3) is 98.8 Å². The second-order valence-corrected chi connectivity index (χ2v) is 16.0. The predicted molar refractivity (Wildman–Crippen MR) is 263 cm³/mol. The van der Waals surface area contributed by atoms with E-state index in [2.05, 4.69) is 229 Å². The smallest absolute Gasteiger partial charge is 0.137 e. The first-order valence-corrected chi connectivity index (χ1v) is 21.3. The Hall–Kier alpha value is -8.20. The van der Waals surface area contributed by atoms with Crippen molar-refractivity contribution in [2.45, 2.75) is 0 Å². The molecule has 290 valence electrons. The first-order valence-electron chi connectivity index (χ1n) is 21.3.